The lowest BCUT2D eigenvalue weighted by Crippen LogP contribution is -2.40. The summed E-state index contributed by atoms with van der Waals surface area (Å²) in [5.74, 6) is 0.103. The third-order valence-electron chi connectivity index (χ3n) is 5.41. The number of benzene rings is 1. The van der Waals surface area contributed by atoms with E-state index in [9.17, 15) is 13.2 Å². The highest BCUT2D eigenvalue weighted by Crippen LogP contribution is 2.28. The van der Waals surface area contributed by atoms with E-state index < -0.39 is 10.0 Å². The number of carbonyl (C=O) groups is 1. The van der Waals surface area contributed by atoms with Crippen LogP contribution in [0.15, 0.2) is 40.9 Å². The Kier molecular flexibility index (Phi) is 5.46. The minimum atomic E-state index is -3.63. The van der Waals surface area contributed by atoms with Crippen LogP contribution in [0.2, 0.25) is 0 Å². The van der Waals surface area contributed by atoms with Gasteiger partial charge in [0, 0.05) is 36.6 Å². The molecule has 0 bridgehead atoms. The number of fused-ring (bicyclic) bond motifs is 1. The van der Waals surface area contributed by atoms with Gasteiger partial charge in [0.15, 0.2) is 5.03 Å². The summed E-state index contributed by atoms with van der Waals surface area (Å²) < 4.78 is 35.3. The molecule has 3 aromatic rings. The minimum Gasteiger partial charge on any atom is -0.461 e. The molecule has 0 unspecified atom stereocenters. The van der Waals surface area contributed by atoms with E-state index in [0.717, 1.165) is 10.9 Å². The number of rotatable bonds is 5. The van der Waals surface area contributed by atoms with Gasteiger partial charge in [-0.2, -0.15) is 4.31 Å². The predicted octanol–water partition coefficient (Wildman–Crippen LogP) is 3.09. The Morgan fingerprint density at radius 3 is 2.69 bits per heavy atom. The van der Waals surface area contributed by atoms with Crippen LogP contribution in [0.1, 0.15) is 24.2 Å². The van der Waals surface area contributed by atoms with Crippen LogP contribution in [-0.2, 0) is 33.2 Å². The molecule has 2 aromatic heterocycles. The lowest BCUT2D eigenvalue weighted by atomic mass is 9.98. The molecule has 1 aliphatic rings. The summed E-state index contributed by atoms with van der Waals surface area (Å²) >= 11 is 1.63. The van der Waals surface area contributed by atoms with Crippen molar-refractivity contribution < 1.29 is 17.9 Å². The van der Waals surface area contributed by atoms with Crippen molar-refractivity contribution in [1.82, 2.24) is 13.9 Å². The number of esters is 1. The van der Waals surface area contributed by atoms with Crippen molar-refractivity contribution in [2.45, 2.75) is 31.4 Å². The van der Waals surface area contributed by atoms with Crippen LogP contribution in [0.5, 0.6) is 0 Å². The molecule has 0 aliphatic carbocycles. The second-order valence-electron chi connectivity index (χ2n) is 7.28. The van der Waals surface area contributed by atoms with E-state index in [4.69, 9.17) is 4.74 Å². The van der Waals surface area contributed by atoms with Crippen molar-refractivity contribution >= 4 is 37.4 Å². The molecule has 0 spiro atoms. The van der Waals surface area contributed by atoms with Crippen molar-refractivity contribution in [3.8, 4) is 0 Å². The SMILES string of the molecule is Cc1nc(S(=O)(=O)N2CCC(C(=O)OCc3csc4ccccc34)CC2)cn1C. The highest BCUT2D eigenvalue weighted by molar-refractivity contribution is 7.89. The highest BCUT2D eigenvalue weighted by Gasteiger charge is 2.34. The average Bonchev–Trinajstić information content (AvgIpc) is 3.29. The van der Waals surface area contributed by atoms with Crippen molar-refractivity contribution in [3.63, 3.8) is 0 Å². The minimum absolute atomic E-state index is 0.0582. The Bertz CT molecular complexity index is 1120. The van der Waals surface area contributed by atoms with E-state index in [2.05, 4.69) is 4.98 Å². The smallest absolute Gasteiger partial charge is 0.309 e. The first-order valence-electron chi connectivity index (χ1n) is 9.48. The largest absolute Gasteiger partial charge is 0.461 e. The summed E-state index contributed by atoms with van der Waals surface area (Å²) in [4.78, 5) is 16.6. The maximum Gasteiger partial charge on any atom is 0.309 e. The fraction of sp³-hybridized carbons (Fsp3) is 0.400. The third-order valence-corrected chi connectivity index (χ3v) is 8.19. The number of ether oxygens (including phenoxy) is 1. The molecule has 1 saturated heterocycles. The fourth-order valence-electron chi connectivity index (χ4n) is 3.53. The number of piperidine rings is 1. The monoisotopic (exact) mass is 433 g/mol. The number of aryl methyl sites for hydroxylation is 2. The molecule has 1 aromatic carbocycles. The fourth-order valence-corrected chi connectivity index (χ4v) is 5.97. The molecular formula is C20H23N3O4S2. The number of imidazole rings is 1. The van der Waals surface area contributed by atoms with Crippen molar-refractivity contribution in [3.05, 3.63) is 47.2 Å². The van der Waals surface area contributed by atoms with Crippen LogP contribution in [-0.4, -0.2) is 41.3 Å². The molecule has 0 N–H and O–H groups in total. The van der Waals surface area contributed by atoms with Crippen molar-refractivity contribution in [2.75, 3.05) is 13.1 Å². The number of carbonyl (C=O) groups excluding carboxylic acids is 1. The first kappa shape index (κ1) is 20.1. The Labute approximate surface area is 174 Å². The zero-order valence-electron chi connectivity index (χ0n) is 16.4. The summed E-state index contributed by atoms with van der Waals surface area (Å²) in [7, 11) is -1.87. The summed E-state index contributed by atoms with van der Waals surface area (Å²) in [6, 6.07) is 8.03. The second-order valence-corrected chi connectivity index (χ2v) is 10.1. The molecule has 0 amide bonds. The van der Waals surface area contributed by atoms with E-state index >= 15 is 0 Å². The number of aromatic nitrogens is 2. The number of thiophene rings is 1. The average molecular weight is 434 g/mol. The summed E-state index contributed by atoms with van der Waals surface area (Å²) in [6.07, 6.45) is 2.43. The summed E-state index contributed by atoms with van der Waals surface area (Å²) in [5.41, 5.74) is 1.00. The van der Waals surface area contributed by atoms with E-state index in [1.54, 1.807) is 29.9 Å². The standard InChI is InChI=1S/C20H23N3O4S2/c1-14-21-19(11-22(14)2)29(25,26)23-9-7-15(8-10-23)20(24)27-12-16-13-28-18-6-4-3-5-17(16)18/h3-6,11,13,15H,7-10,12H2,1-2H3. The highest BCUT2D eigenvalue weighted by atomic mass is 32.2. The summed E-state index contributed by atoms with van der Waals surface area (Å²) in [5, 5.41) is 3.18. The number of hydrogen-bond acceptors (Lipinski definition) is 6. The van der Waals surface area contributed by atoms with Gasteiger partial charge in [-0.25, -0.2) is 13.4 Å². The normalized spacial score (nSPS) is 16.3. The Morgan fingerprint density at radius 1 is 1.28 bits per heavy atom. The molecule has 0 atom stereocenters. The van der Waals surface area contributed by atoms with Gasteiger partial charge in [-0.3, -0.25) is 4.79 Å². The molecule has 154 valence electrons. The van der Waals surface area contributed by atoms with Crippen LogP contribution >= 0.6 is 11.3 Å². The predicted molar refractivity (Wildman–Crippen MR) is 111 cm³/mol. The van der Waals surface area contributed by atoms with Gasteiger partial charge >= 0.3 is 5.97 Å². The number of nitrogens with zero attached hydrogens (tertiary/aromatic N) is 3. The zero-order valence-corrected chi connectivity index (χ0v) is 18.0. The first-order valence-corrected chi connectivity index (χ1v) is 11.8. The Morgan fingerprint density at radius 2 is 2.00 bits per heavy atom. The van der Waals surface area contributed by atoms with Crippen LogP contribution in [0, 0.1) is 12.8 Å². The molecule has 3 heterocycles. The zero-order chi connectivity index (χ0) is 20.6. The Hall–Kier alpha value is -2.23. The van der Waals surface area contributed by atoms with Crippen LogP contribution in [0.25, 0.3) is 10.1 Å². The van der Waals surface area contributed by atoms with Crippen LogP contribution < -0.4 is 0 Å². The van der Waals surface area contributed by atoms with Crippen LogP contribution in [0.3, 0.4) is 0 Å². The number of sulfonamides is 1. The van der Waals surface area contributed by atoms with Gasteiger partial charge in [0.25, 0.3) is 10.0 Å². The van der Waals surface area contributed by atoms with Gasteiger partial charge in [-0.15, -0.1) is 11.3 Å². The lowest BCUT2D eigenvalue weighted by molar-refractivity contribution is -0.151. The summed E-state index contributed by atoms with van der Waals surface area (Å²) in [6.45, 7) is 2.59. The van der Waals surface area contributed by atoms with Gasteiger partial charge in [0.1, 0.15) is 12.4 Å². The molecule has 29 heavy (non-hydrogen) atoms. The maximum absolute atomic E-state index is 12.8. The van der Waals surface area contributed by atoms with Gasteiger partial charge in [-0.05, 0) is 36.6 Å². The van der Waals surface area contributed by atoms with Crippen LogP contribution in [0.4, 0.5) is 0 Å². The van der Waals surface area contributed by atoms with E-state index in [1.807, 2.05) is 29.6 Å². The van der Waals surface area contributed by atoms with Crippen molar-refractivity contribution in [1.29, 1.82) is 0 Å². The van der Waals surface area contributed by atoms with E-state index in [0.29, 0.717) is 31.8 Å². The van der Waals surface area contributed by atoms with Crippen molar-refractivity contribution in [2.24, 2.45) is 13.0 Å². The quantitative estimate of drug-likeness (QED) is 0.578. The molecule has 7 nitrogen and oxygen atoms in total. The van der Waals surface area contributed by atoms with E-state index in [1.165, 1.54) is 15.2 Å². The van der Waals surface area contributed by atoms with Gasteiger partial charge in [0.05, 0.1) is 5.92 Å². The molecule has 0 radical (unpaired) electrons. The third kappa shape index (κ3) is 3.94. The molecule has 1 fully saturated rings. The molecule has 0 saturated carbocycles. The second kappa shape index (κ2) is 7.89. The molecule has 4 rings (SSSR count). The Balaban J connectivity index is 1.35. The number of hydrogen-bond donors (Lipinski definition) is 0. The van der Waals surface area contributed by atoms with Gasteiger partial charge in [0.2, 0.25) is 0 Å². The maximum atomic E-state index is 12.8. The molecule has 9 heteroatoms. The molecule has 1 aliphatic heterocycles. The van der Waals surface area contributed by atoms with E-state index in [-0.39, 0.29) is 23.5 Å². The molecular weight excluding hydrogens is 410 g/mol. The first-order chi connectivity index (χ1) is 13.9. The van der Waals surface area contributed by atoms with Gasteiger partial charge in [-0.1, -0.05) is 18.2 Å². The lowest BCUT2D eigenvalue weighted by Gasteiger charge is -2.29. The topological polar surface area (TPSA) is 81.5 Å². The van der Waals surface area contributed by atoms with Gasteiger partial charge < -0.3 is 9.30 Å².